The second-order valence-electron chi connectivity index (χ2n) is 4.19. The number of halogens is 4. The van der Waals surface area contributed by atoms with E-state index in [0.29, 0.717) is 11.8 Å². The van der Waals surface area contributed by atoms with Crippen LogP contribution in [0.25, 0.3) is 0 Å². The van der Waals surface area contributed by atoms with Crippen LogP contribution in [0.15, 0.2) is 0 Å². The Morgan fingerprint density at radius 1 is 1.29 bits per heavy atom. The summed E-state index contributed by atoms with van der Waals surface area (Å²) in [6.07, 6.45) is -5.25. The summed E-state index contributed by atoms with van der Waals surface area (Å²) in [6, 6.07) is 0. The molecule has 0 fully saturated rings. The first-order valence-corrected chi connectivity index (χ1v) is 7.95. The van der Waals surface area contributed by atoms with Gasteiger partial charge in [-0.2, -0.15) is 13.2 Å². The van der Waals surface area contributed by atoms with E-state index in [4.69, 9.17) is 0 Å². The highest BCUT2D eigenvalue weighted by molar-refractivity contribution is 9.09. The minimum Gasteiger partial charge on any atom is -0.212 e. The Balaban J connectivity index is 4.31. The van der Waals surface area contributed by atoms with Crippen molar-refractivity contribution >= 4 is 26.0 Å². The fourth-order valence-corrected chi connectivity index (χ4v) is 3.40. The lowest BCUT2D eigenvalue weighted by Crippen LogP contribution is -2.47. The van der Waals surface area contributed by atoms with Gasteiger partial charge in [0.15, 0.2) is 0 Å². The van der Waals surface area contributed by atoms with Gasteiger partial charge in [-0.3, -0.25) is 0 Å². The van der Waals surface area contributed by atoms with Gasteiger partial charge in [0, 0.05) is 17.3 Å². The highest BCUT2D eigenvalue weighted by atomic mass is 79.9. The van der Waals surface area contributed by atoms with E-state index in [2.05, 4.69) is 20.7 Å². The zero-order valence-electron chi connectivity index (χ0n) is 9.77. The van der Waals surface area contributed by atoms with E-state index >= 15 is 0 Å². The van der Waals surface area contributed by atoms with Gasteiger partial charge in [-0.25, -0.2) is 13.1 Å². The molecule has 0 bridgehead atoms. The summed E-state index contributed by atoms with van der Waals surface area (Å²) in [5, 5.41) is 0.412. The van der Waals surface area contributed by atoms with Crippen molar-refractivity contribution in [3.63, 3.8) is 0 Å². The third kappa shape index (κ3) is 7.99. The molecule has 0 aliphatic rings. The van der Waals surface area contributed by atoms with Crippen LogP contribution in [-0.2, 0) is 10.0 Å². The molecular weight excluding hydrogens is 323 g/mol. The van der Waals surface area contributed by atoms with Crippen LogP contribution in [0.5, 0.6) is 0 Å². The number of hydrogen-bond donors (Lipinski definition) is 1. The maximum absolute atomic E-state index is 11.9. The van der Waals surface area contributed by atoms with Gasteiger partial charge in [0.1, 0.15) is 0 Å². The van der Waals surface area contributed by atoms with Crippen LogP contribution in [0, 0.1) is 0 Å². The lowest BCUT2D eigenvalue weighted by Gasteiger charge is -2.26. The van der Waals surface area contributed by atoms with Crippen molar-refractivity contribution < 1.29 is 21.6 Å². The van der Waals surface area contributed by atoms with Gasteiger partial charge in [-0.1, -0.05) is 22.9 Å². The number of sulfonamides is 1. The fraction of sp³-hybridized carbons (Fsp3) is 1.00. The molecule has 0 saturated heterocycles. The summed E-state index contributed by atoms with van der Waals surface area (Å²) < 4.78 is 61.1. The molecule has 0 saturated carbocycles. The van der Waals surface area contributed by atoms with Gasteiger partial charge in [0.2, 0.25) is 10.0 Å². The lowest BCUT2D eigenvalue weighted by molar-refractivity contribution is -0.134. The Morgan fingerprint density at radius 2 is 1.82 bits per heavy atom. The quantitative estimate of drug-likeness (QED) is 0.725. The smallest absolute Gasteiger partial charge is 0.212 e. The fourth-order valence-electron chi connectivity index (χ4n) is 1.08. The third-order valence-corrected chi connectivity index (χ3v) is 5.22. The van der Waals surface area contributed by atoms with Gasteiger partial charge < -0.3 is 0 Å². The van der Waals surface area contributed by atoms with Crippen molar-refractivity contribution in [1.82, 2.24) is 4.72 Å². The number of nitrogens with one attached hydrogen (secondary N) is 1. The summed E-state index contributed by atoms with van der Waals surface area (Å²) in [5.41, 5.74) is -0.656. The van der Waals surface area contributed by atoms with Crippen LogP contribution in [0.3, 0.4) is 0 Å². The first-order chi connectivity index (χ1) is 7.54. The Labute approximate surface area is 108 Å². The highest BCUT2D eigenvalue weighted by Gasteiger charge is 2.30. The van der Waals surface area contributed by atoms with Gasteiger partial charge in [0.05, 0.1) is 5.75 Å². The van der Waals surface area contributed by atoms with Crippen LogP contribution in [0.4, 0.5) is 13.2 Å². The largest absolute Gasteiger partial charge is 0.389 e. The van der Waals surface area contributed by atoms with Crippen molar-refractivity contribution in [2.24, 2.45) is 0 Å². The Kier molecular flexibility index (Phi) is 6.44. The third-order valence-electron chi connectivity index (χ3n) is 2.35. The summed E-state index contributed by atoms with van der Waals surface area (Å²) in [5.74, 6) is -0.505. The maximum Gasteiger partial charge on any atom is 0.389 e. The van der Waals surface area contributed by atoms with E-state index in [1.54, 1.807) is 13.8 Å². The van der Waals surface area contributed by atoms with Crippen LogP contribution < -0.4 is 4.72 Å². The zero-order chi connectivity index (χ0) is 13.7. The van der Waals surface area contributed by atoms with Crippen molar-refractivity contribution in [1.29, 1.82) is 0 Å². The number of alkyl halides is 4. The number of hydrogen-bond acceptors (Lipinski definition) is 2. The molecule has 0 aromatic rings. The summed E-state index contributed by atoms with van der Waals surface area (Å²) in [4.78, 5) is 0. The van der Waals surface area contributed by atoms with Crippen molar-refractivity contribution in [2.75, 3.05) is 11.1 Å². The molecule has 1 atom stereocenters. The molecule has 8 heteroatoms. The van der Waals surface area contributed by atoms with Crippen molar-refractivity contribution in [2.45, 2.75) is 44.8 Å². The van der Waals surface area contributed by atoms with E-state index in [-0.39, 0.29) is 0 Å². The molecule has 0 aromatic heterocycles. The molecule has 0 aliphatic carbocycles. The molecule has 0 aliphatic heterocycles. The molecule has 0 aromatic carbocycles. The maximum atomic E-state index is 11.9. The molecule has 1 unspecified atom stereocenters. The van der Waals surface area contributed by atoms with E-state index in [1.165, 1.54) is 0 Å². The van der Waals surface area contributed by atoms with Crippen LogP contribution in [0.1, 0.15) is 33.1 Å². The highest BCUT2D eigenvalue weighted by Crippen LogP contribution is 2.22. The molecule has 3 nitrogen and oxygen atoms in total. The molecule has 0 heterocycles. The molecule has 104 valence electrons. The standard InChI is InChI=1S/C9H17BrF3NO2S/c1-3-8(2,7-10)14-17(15,16)6-4-5-9(11,12)13/h14H,3-7H2,1-2H3. The first kappa shape index (κ1) is 17.2. The van der Waals surface area contributed by atoms with Crippen molar-refractivity contribution in [3.8, 4) is 0 Å². The van der Waals surface area contributed by atoms with Gasteiger partial charge in [-0.15, -0.1) is 0 Å². The average molecular weight is 340 g/mol. The Morgan fingerprint density at radius 3 is 2.18 bits per heavy atom. The summed E-state index contributed by atoms with van der Waals surface area (Å²) in [6.45, 7) is 3.50. The molecular formula is C9H17BrF3NO2S. The Hall–Kier alpha value is 0.180. The SMILES string of the molecule is CCC(C)(CBr)NS(=O)(=O)CCCC(F)(F)F. The van der Waals surface area contributed by atoms with E-state index in [0.717, 1.165) is 0 Å². The molecule has 17 heavy (non-hydrogen) atoms. The topological polar surface area (TPSA) is 46.2 Å². The predicted octanol–water partition coefficient (Wildman–Crippen LogP) is 2.81. The van der Waals surface area contributed by atoms with Crippen LogP contribution in [0.2, 0.25) is 0 Å². The van der Waals surface area contributed by atoms with E-state index in [1.807, 2.05) is 0 Å². The predicted molar refractivity (Wildman–Crippen MR) is 64.7 cm³/mol. The molecule has 0 rings (SSSR count). The summed E-state index contributed by atoms with van der Waals surface area (Å²) in [7, 11) is -3.67. The molecule has 0 spiro atoms. The second kappa shape index (κ2) is 6.38. The van der Waals surface area contributed by atoms with Crippen LogP contribution in [-0.4, -0.2) is 31.2 Å². The Bertz CT molecular complexity index is 326. The first-order valence-electron chi connectivity index (χ1n) is 5.18. The average Bonchev–Trinajstić information content (AvgIpc) is 2.14. The van der Waals surface area contributed by atoms with E-state index < -0.39 is 40.3 Å². The minimum atomic E-state index is -4.31. The van der Waals surface area contributed by atoms with Gasteiger partial charge in [0.25, 0.3) is 0 Å². The van der Waals surface area contributed by atoms with Gasteiger partial charge >= 0.3 is 6.18 Å². The van der Waals surface area contributed by atoms with Crippen molar-refractivity contribution in [3.05, 3.63) is 0 Å². The van der Waals surface area contributed by atoms with Crippen LogP contribution >= 0.6 is 15.9 Å². The lowest BCUT2D eigenvalue weighted by atomic mass is 10.0. The van der Waals surface area contributed by atoms with Gasteiger partial charge in [-0.05, 0) is 19.8 Å². The van der Waals surface area contributed by atoms with E-state index in [9.17, 15) is 21.6 Å². The zero-order valence-corrected chi connectivity index (χ0v) is 12.2. The number of rotatable bonds is 7. The molecule has 1 N–H and O–H groups in total. The monoisotopic (exact) mass is 339 g/mol. The normalized spacial score (nSPS) is 16.8. The molecule has 0 amide bonds. The second-order valence-corrected chi connectivity index (χ2v) is 6.59. The summed E-state index contributed by atoms with van der Waals surface area (Å²) >= 11 is 3.18. The minimum absolute atomic E-state index is 0.412. The molecule has 0 radical (unpaired) electrons.